The first-order valence-corrected chi connectivity index (χ1v) is 5.87. The van der Waals surface area contributed by atoms with Crippen molar-refractivity contribution in [3.05, 3.63) is 35.2 Å². The van der Waals surface area contributed by atoms with Crippen LogP contribution in [0.4, 0.5) is 5.69 Å². The van der Waals surface area contributed by atoms with E-state index < -0.39 is 9.84 Å². The van der Waals surface area contributed by atoms with Crippen LogP contribution in [-0.4, -0.2) is 14.2 Å². The first kappa shape index (κ1) is 10.7. The maximum atomic E-state index is 11.6. The van der Waals surface area contributed by atoms with E-state index in [1.165, 1.54) is 0 Å². The van der Waals surface area contributed by atoms with Crippen LogP contribution in [0.5, 0.6) is 0 Å². The second-order valence-electron chi connectivity index (χ2n) is 2.99. The molecular formula is C10H11NO2S. The Morgan fingerprint density at radius 1 is 1.43 bits per heavy atom. The molecule has 0 unspecified atom stereocenters. The van der Waals surface area contributed by atoms with Crippen LogP contribution in [0.1, 0.15) is 12.5 Å². The molecule has 14 heavy (non-hydrogen) atoms. The Labute approximate surface area is 84.1 Å². The van der Waals surface area contributed by atoms with E-state index in [-0.39, 0.29) is 16.3 Å². The van der Waals surface area contributed by atoms with Crippen LogP contribution in [0.3, 0.4) is 0 Å². The summed E-state index contributed by atoms with van der Waals surface area (Å²) in [6.07, 6.45) is 0. The van der Waals surface area contributed by atoms with Gasteiger partial charge >= 0.3 is 0 Å². The summed E-state index contributed by atoms with van der Waals surface area (Å²) >= 11 is 0. The zero-order valence-corrected chi connectivity index (χ0v) is 8.93. The molecule has 0 spiro atoms. The van der Waals surface area contributed by atoms with Crippen LogP contribution < -0.4 is 0 Å². The van der Waals surface area contributed by atoms with Crippen molar-refractivity contribution in [2.24, 2.45) is 0 Å². The van der Waals surface area contributed by atoms with Crippen LogP contribution in [0.25, 0.3) is 4.85 Å². The van der Waals surface area contributed by atoms with E-state index in [4.69, 9.17) is 6.57 Å². The van der Waals surface area contributed by atoms with Crippen LogP contribution >= 0.6 is 0 Å². The average molecular weight is 209 g/mol. The molecule has 0 heterocycles. The summed E-state index contributed by atoms with van der Waals surface area (Å²) < 4.78 is 23.2. The molecule has 0 aliphatic heterocycles. The second-order valence-corrected chi connectivity index (χ2v) is 5.23. The molecule has 74 valence electrons. The molecule has 3 nitrogen and oxygen atoms in total. The molecule has 0 fully saturated rings. The number of aryl methyl sites for hydroxylation is 1. The average Bonchev–Trinajstić information content (AvgIpc) is 2.18. The molecule has 1 aromatic carbocycles. The summed E-state index contributed by atoms with van der Waals surface area (Å²) in [5, 5.41) is 0. The minimum absolute atomic E-state index is 0.0268. The first-order chi connectivity index (χ1) is 6.51. The highest BCUT2D eigenvalue weighted by Crippen LogP contribution is 2.26. The Bertz CT molecular complexity index is 483. The summed E-state index contributed by atoms with van der Waals surface area (Å²) in [6, 6.07) is 4.83. The Kier molecular flexibility index (Phi) is 2.92. The zero-order chi connectivity index (χ0) is 10.8. The van der Waals surface area contributed by atoms with Gasteiger partial charge in [0.1, 0.15) is 0 Å². The third-order valence-corrected chi connectivity index (χ3v) is 3.71. The number of sulfone groups is 1. The Morgan fingerprint density at radius 3 is 2.57 bits per heavy atom. The van der Waals surface area contributed by atoms with Gasteiger partial charge in [-0.1, -0.05) is 30.7 Å². The van der Waals surface area contributed by atoms with Crippen LogP contribution in [0.15, 0.2) is 23.1 Å². The third-order valence-electron chi connectivity index (χ3n) is 1.95. The summed E-state index contributed by atoms with van der Waals surface area (Å²) in [6.45, 7) is 10.3. The van der Waals surface area contributed by atoms with Crippen molar-refractivity contribution in [1.82, 2.24) is 0 Å². The molecule has 0 radical (unpaired) electrons. The molecule has 1 rings (SSSR count). The maximum absolute atomic E-state index is 11.6. The molecular weight excluding hydrogens is 198 g/mol. The number of hydrogen-bond acceptors (Lipinski definition) is 2. The summed E-state index contributed by atoms with van der Waals surface area (Å²) in [7, 11) is -3.28. The quantitative estimate of drug-likeness (QED) is 0.701. The van der Waals surface area contributed by atoms with E-state index in [1.54, 1.807) is 25.1 Å². The SMILES string of the molecule is [C-]#[N+]c1ccc(C)cc1S(=O)(=O)CC. The zero-order valence-electron chi connectivity index (χ0n) is 8.11. The number of benzene rings is 1. The van der Waals surface area contributed by atoms with E-state index in [2.05, 4.69) is 4.85 Å². The maximum Gasteiger partial charge on any atom is 0.205 e. The topological polar surface area (TPSA) is 38.5 Å². The lowest BCUT2D eigenvalue weighted by molar-refractivity contribution is 0.597. The molecule has 0 saturated heterocycles. The van der Waals surface area contributed by atoms with Crippen molar-refractivity contribution in [2.45, 2.75) is 18.7 Å². The van der Waals surface area contributed by atoms with Crippen molar-refractivity contribution in [3.63, 3.8) is 0 Å². The van der Waals surface area contributed by atoms with Gasteiger partial charge in [-0.3, -0.25) is 0 Å². The van der Waals surface area contributed by atoms with Gasteiger partial charge in [0.25, 0.3) is 0 Å². The van der Waals surface area contributed by atoms with Gasteiger partial charge in [0.15, 0.2) is 9.84 Å². The van der Waals surface area contributed by atoms with Gasteiger partial charge in [0, 0.05) is 0 Å². The van der Waals surface area contributed by atoms with Gasteiger partial charge in [0.05, 0.1) is 17.2 Å². The Hall–Kier alpha value is -1.34. The lowest BCUT2D eigenvalue weighted by Gasteiger charge is -2.04. The van der Waals surface area contributed by atoms with E-state index in [0.717, 1.165) is 5.56 Å². The van der Waals surface area contributed by atoms with Crippen molar-refractivity contribution in [1.29, 1.82) is 0 Å². The first-order valence-electron chi connectivity index (χ1n) is 4.22. The van der Waals surface area contributed by atoms with Gasteiger partial charge in [-0.25, -0.2) is 13.3 Å². The standard InChI is InChI=1S/C10H11NO2S/c1-4-14(12,13)10-7-8(2)5-6-9(10)11-3/h5-7H,4H2,1-2H3. The van der Waals surface area contributed by atoms with E-state index in [0.29, 0.717) is 0 Å². The fraction of sp³-hybridized carbons (Fsp3) is 0.300. The minimum atomic E-state index is -3.28. The highest BCUT2D eigenvalue weighted by Gasteiger charge is 2.16. The van der Waals surface area contributed by atoms with E-state index in [1.807, 2.05) is 6.92 Å². The Morgan fingerprint density at radius 2 is 2.07 bits per heavy atom. The van der Waals surface area contributed by atoms with Crippen LogP contribution in [-0.2, 0) is 9.84 Å². The van der Waals surface area contributed by atoms with Crippen molar-refractivity contribution in [2.75, 3.05) is 5.75 Å². The smallest absolute Gasteiger partial charge is 0.205 e. The van der Waals surface area contributed by atoms with Gasteiger partial charge in [-0.05, 0) is 6.92 Å². The largest absolute Gasteiger partial charge is 0.237 e. The number of nitrogens with zero attached hydrogens (tertiary/aromatic N) is 1. The molecule has 0 atom stereocenters. The van der Waals surface area contributed by atoms with Crippen molar-refractivity contribution < 1.29 is 8.42 Å². The molecule has 1 aromatic rings. The van der Waals surface area contributed by atoms with Gasteiger partial charge < -0.3 is 0 Å². The number of hydrogen-bond donors (Lipinski definition) is 0. The van der Waals surface area contributed by atoms with E-state index in [9.17, 15) is 8.42 Å². The highest BCUT2D eigenvalue weighted by atomic mass is 32.2. The molecule has 0 saturated carbocycles. The van der Waals surface area contributed by atoms with Gasteiger partial charge in [0.2, 0.25) is 5.69 Å². The van der Waals surface area contributed by atoms with E-state index >= 15 is 0 Å². The second kappa shape index (κ2) is 3.81. The normalized spacial score (nSPS) is 10.9. The molecule has 0 N–H and O–H groups in total. The molecule has 0 aliphatic rings. The lowest BCUT2D eigenvalue weighted by Crippen LogP contribution is -2.03. The summed E-state index contributed by atoms with van der Waals surface area (Å²) in [5.74, 6) is 0.0268. The van der Waals surface area contributed by atoms with Crippen molar-refractivity contribution >= 4 is 15.5 Å². The lowest BCUT2D eigenvalue weighted by atomic mass is 10.2. The predicted molar refractivity (Wildman–Crippen MR) is 55.2 cm³/mol. The minimum Gasteiger partial charge on any atom is -0.237 e. The fourth-order valence-corrected chi connectivity index (χ4v) is 2.23. The number of rotatable bonds is 2. The molecule has 0 bridgehead atoms. The monoisotopic (exact) mass is 209 g/mol. The van der Waals surface area contributed by atoms with Crippen molar-refractivity contribution in [3.8, 4) is 0 Å². The van der Waals surface area contributed by atoms with Gasteiger partial charge in [-0.2, -0.15) is 0 Å². The summed E-state index contributed by atoms with van der Waals surface area (Å²) in [5.41, 5.74) is 1.06. The predicted octanol–water partition coefficient (Wildman–Crippen LogP) is 2.34. The molecule has 4 heteroatoms. The Balaban J connectivity index is 3.49. The third kappa shape index (κ3) is 1.94. The van der Waals surface area contributed by atoms with Crippen LogP contribution in [0.2, 0.25) is 0 Å². The van der Waals surface area contributed by atoms with Crippen LogP contribution in [0, 0.1) is 13.5 Å². The summed E-state index contributed by atoms with van der Waals surface area (Å²) in [4.78, 5) is 3.34. The molecule has 0 amide bonds. The highest BCUT2D eigenvalue weighted by molar-refractivity contribution is 7.91. The van der Waals surface area contributed by atoms with Gasteiger partial charge in [-0.15, -0.1) is 0 Å². The molecule has 0 aromatic heterocycles. The fourth-order valence-electron chi connectivity index (χ4n) is 1.12. The molecule has 0 aliphatic carbocycles.